The fourth-order valence-corrected chi connectivity index (χ4v) is 8.28. The van der Waals surface area contributed by atoms with Crippen molar-refractivity contribution in [2.45, 2.75) is 24.5 Å². The molecule has 0 radical (unpaired) electrons. The molecule has 13 heteroatoms. The van der Waals surface area contributed by atoms with Gasteiger partial charge in [0.2, 0.25) is 19.5 Å². The van der Waals surface area contributed by atoms with Crippen LogP contribution < -0.4 is 24.7 Å². The lowest BCUT2D eigenvalue weighted by Gasteiger charge is -2.52. The third kappa shape index (κ3) is 4.00. The SMILES string of the molecule is CN(C)[C@H]1C(=O)C(C(N)=O)C(=O)[C@@]2(O)C(=O)C3C(=O)c4c(O)c(-c5ccc6c(c5)OCO6)cc(-c5ccc6c(c5)OCO6)c4C[C@H]3C[C@@H]12. The number of rotatable bonds is 4. The van der Waals surface area contributed by atoms with Crippen molar-refractivity contribution in [3.63, 3.8) is 0 Å². The van der Waals surface area contributed by atoms with E-state index in [0.29, 0.717) is 45.3 Å². The summed E-state index contributed by atoms with van der Waals surface area (Å²) in [4.78, 5) is 69.8. The van der Waals surface area contributed by atoms with Crippen LogP contribution in [0.1, 0.15) is 22.3 Å². The van der Waals surface area contributed by atoms with E-state index in [0.717, 1.165) is 0 Å². The van der Waals surface area contributed by atoms with Crippen LogP contribution in [-0.4, -0.2) is 83.5 Å². The Morgan fingerprint density at radius 3 is 2.02 bits per heavy atom. The van der Waals surface area contributed by atoms with E-state index in [1.165, 1.54) is 4.90 Å². The molecule has 246 valence electrons. The van der Waals surface area contributed by atoms with Crippen LogP contribution in [0.2, 0.25) is 0 Å². The minimum atomic E-state index is -2.82. The normalized spacial score (nSPS) is 28.3. The number of ether oxygens (including phenoxy) is 4. The topological polar surface area (TPSA) is 192 Å². The third-order valence-electron chi connectivity index (χ3n) is 10.4. The summed E-state index contributed by atoms with van der Waals surface area (Å²) in [5.74, 6) is -9.20. The first-order valence-corrected chi connectivity index (χ1v) is 15.4. The molecule has 3 aliphatic carbocycles. The Hall–Kier alpha value is -5.27. The van der Waals surface area contributed by atoms with Gasteiger partial charge in [-0.1, -0.05) is 12.1 Å². The highest BCUT2D eigenvalue weighted by Crippen LogP contribution is 2.54. The molecule has 0 bridgehead atoms. The zero-order valence-electron chi connectivity index (χ0n) is 25.8. The zero-order valence-corrected chi connectivity index (χ0v) is 25.8. The molecule has 2 heterocycles. The third-order valence-corrected chi connectivity index (χ3v) is 10.4. The molecule has 13 nitrogen and oxygen atoms in total. The molecule has 2 unspecified atom stereocenters. The van der Waals surface area contributed by atoms with Gasteiger partial charge in [-0.2, -0.15) is 0 Å². The second-order valence-corrected chi connectivity index (χ2v) is 13.1. The molecule has 0 spiro atoms. The number of ketones is 4. The summed E-state index contributed by atoms with van der Waals surface area (Å²) in [5.41, 5.74) is 4.97. The van der Waals surface area contributed by atoms with E-state index in [1.807, 2.05) is 0 Å². The smallest absolute Gasteiger partial charge is 0.235 e. The highest BCUT2D eigenvalue weighted by atomic mass is 16.7. The number of aromatic hydroxyl groups is 1. The number of amides is 1. The Labute approximate surface area is 273 Å². The Kier molecular flexibility index (Phi) is 6.50. The number of carbonyl (C=O) groups is 5. The van der Waals surface area contributed by atoms with Gasteiger partial charge in [0, 0.05) is 11.5 Å². The van der Waals surface area contributed by atoms with Gasteiger partial charge in [0.1, 0.15) is 5.75 Å². The van der Waals surface area contributed by atoms with Crippen LogP contribution in [0.25, 0.3) is 22.3 Å². The van der Waals surface area contributed by atoms with E-state index in [4.69, 9.17) is 24.7 Å². The summed E-state index contributed by atoms with van der Waals surface area (Å²) in [5, 5.41) is 23.8. The Morgan fingerprint density at radius 1 is 0.854 bits per heavy atom. The molecule has 2 saturated carbocycles. The van der Waals surface area contributed by atoms with Crippen molar-refractivity contribution in [2.75, 3.05) is 27.7 Å². The number of phenolic OH excluding ortho intramolecular Hbond substituents is 1. The van der Waals surface area contributed by atoms with E-state index < -0.39 is 64.4 Å². The average molecular weight is 655 g/mol. The standard InChI is InChI=1S/C35H30N2O11/c1-37(2)28-20-8-16-7-19-17(14-3-5-21-23(9-14)47-12-45-21)11-18(15-4-6-22-24(10-15)48-13-46-22)29(38)26(19)30(39)25(16)32(41)35(20,44)33(42)27(31(28)40)34(36)43/h3-6,9-11,16,20,25,27-28,38,44H,7-8,12-13H2,1-2H3,(H2,36,43)/t16-,20-,25?,27?,28+,35-/m0/s1. The molecule has 6 atom stereocenters. The van der Waals surface area contributed by atoms with Crippen LogP contribution in [0.4, 0.5) is 0 Å². The molecule has 48 heavy (non-hydrogen) atoms. The largest absolute Gasteiger partial charge is 0.507 e. The molecule has 5 aliphatic rings. The van der Waals surface area contributed by atoms with Crippen molar-refractivity contribution in [1.82, 2.24) is 4.90 Å². The molecule has 1 amide bonds. The maximum Gasteiger partial charge on any atom is 0.235 e. The van der Waals surface area contributed by atoms with Crippen molar-refractivity contribution < 1.29 is 53.1 Å². The van der Waals surface area contributed by atoms with E-state index >= 15 is 0 Å². The minimum Gasteiger partial charge on any atom is -0.507 e. The van der Waals surface area contributed by atoms with E-state index in [2.05, 4.69) is 0 Å². The van der Waals surface area contributed by atoms with Crippen molar-refractivity contribution >= 4 is 29.0 Å². The predicted octanol–water partition coefficient (Wildman–Crippen LogP) is 1.66. The molecule has 2 fully saturated rings. The molecule has 0 aromatic heterocycles. The van der Waals surface area contributed by atoms with E-state index in [1.54, 1.807) is 56.6 Å². The summed E-state index contributed by atoms with van der Waals surface area (Å²) in [6, 6.07) is 10.9. The number of nitrogens with two attached hydrogens (primary N) is 1. The second-order valence-electron chi connectivity index (χ2n) is 13.1. The lowest BCUT2D eigenvalue weighted by Crippen LogP contribution is -2.74. The second kappa shape index (κ2) is 10.4. The Bertz CT molecular complexity index is 2000. The van der Waals surface area contributed by atoms with Crippen molar-refractivity contribution in [3.8, 4) is 51.0 Å². The highest BCUT2D eigenvalue weighted by molar-refractivity contribution is 6.32. The van der Waals surface area contributed by atoms with E-state index in [9.17, 15) is 34.2 Å². The average Bonchev–Trinajstić information content (AvgIpc) is 3.71. The zero-order chi connectivity index (χ0) is 33.8. The minimum absolute atomic E-state index is 0.0284. The van der Waals surface area contributed by atoms with Gasteiger partial charge in [-0.3, -0.25) is 28.9 Å². The van der Waals surface area contributed by atoms with Gasteiger partial charge < -0.3 is 34.9 Å². The predicted molar refractivity (Wildman–Crippen MR) is 164 cm³/mol. The number of benzene rings is 3. The van der Waals surface area contributed by atoms with Gasteiger partial charge in [-0.15, -0.1) is 0 Å². The van der Waals surface area contributed by atoms with Crippen LogP contribution in [-0.2, 0) is 25.6 Å². The lowest BCUT2D eigenvalue weighted by molar-refractivity contribution is -0.181. The Balaban J connectivity index is 1.31. The highest BCUT2D eigenvalue weighted by Gasteiger charge is 2.69. The number of likely N-dealkylation sites (N-methyl/N-ethyl adjacent to an activating group) is 1. The molecule has 3 aromatic rings. The first-order chi connectivity index (χ1) is 22.9. The summed E-state index contributed by atoms with van der Waals surface area (Å²) >= 11 is 0. The summed E-state index contributed by atoms with van der Waals surface area (Å²) < 4.78 is 22.1. The number of Topliss-reactive ketones (excluding diaryl/α,β-unsaturated/α-hetero) is 4. The van der Waals surface area contributed by atoms with Crippen LogP contribution >= 0.6 is 0 Å². The Morgan fingerprint density at radius 2 is 1.44 bits per heavy atom. The van der Waals surface area contributed by atoms with Crippen molar-refractivity contribution in [1.29, 1.82) is 0 Å². The number of hydrogen-bond acceptors (Lipinski definition) is 12. The fraction of sp³-hybridized carbons (Fsp3) is 0.343. The van der Waals surface area contributed by atoms with Crippen LogP contribution in [0.5, 0.6) is 28.7 Å². The molecule has 4 N–H and O–H groups in total. The molecular weight excluding hydrogens is 624 g/mol. The van der Waals surface area contributed by atoms with Crippen LogP contribution in [0.15, 0.2) is 42.5 Å². The monoisotopic (exact) mass is 654 g/mol. The molecular formula is C35H30N2O11. The fourth-order valence-electron chi connectivity index (χ4n) is 8.28. The summed E-state index contributed by atoms with van der Waals surface area (Å²) in [6.45, 7) is 0.0746. The van der Waals surface area contributed by atoms with Gasteiger partial charge >= 0.3 is 0 Å². The molecule has 0 saturated heterocycles. The maximum atomic E-state index is 14.6. The van der Waals surface area contributed by atoms with Gasteiger partial charge in [0.05, 0.1) is 17.5 Å². The maximum absolute atomic E-state index is 14.6. The van der Waals surface area contributed by atoms with Gasteiger partial charge in [0.15, 0.2) is 57.6 Å². The van der Waals surface area contributed by atoms with Crippen LogP contribution in [0.3, 0.4) is 0 Å². The number of nitrogens with zero attached hydrogens (tertiary/aromatic N) is 1. The number of hydrogen-bond donors (Lipinski definition) is 3. The van der Waals surface area contributed by atoms with Gasteiger partial charge in [0.25, 0.3) is 0 Å². The van der Waals surface area contributed by atoms with Gasteiger partial charge in [-0.25, -0.2) is 0 Å². The number of carbonyl (C=O) groups excluding carboxylic acids is 5. The van der Waals surface area contributed by atoms with Crippen molar-refractivity contribution in [3.05, 3.63) is 53.6 Å². The number of primary amides is 1. The van der Waals surface area contributed by atoms with Gasteiger partial charge in [-0.05, 0) is 85.4 Å². The number of fused-ring (bicyclic) bond motifs is 5. The molecule has 2 aliphatic heterocycles. The molecule has 8 rings (SSSR count). The first-order valence-electron chi connectivity index (χ1n) is 15.4. The number of aliphatic hydroxyl groups is 1. The van der Waals surface area contributed by atoms with Crippen molar-refractivity contribution in [2.24, 2.45) is 29.4 Å². The van der Waals surface area contributed by atoms with E-state index in [-0.39, 0.29) is 43.3 Å². The summed E-state index contributed by atoms with van der Waals surface area (Å²) in [7, 11) is 3.09. The quantitative estimate of drug-likeness (QED) is 0.345. The number of phenols is 1. The first kappa shape index (κ1) is 30.1. The lowest BCUT2D eigenvalue weighted by atomic mass is 9.52. The van der Waals surface area contributed by atoms with Crippen LogP contribution in [0, 0.1) is 23.7 Å². The summed E-state index contributed by atoms with van der Waals surface area (Å²) in [6.07, 6.45) is 0.0414. The molecule has 3 aromatic carbocycles.